The van der Waals surface area contributed by atoms with E-state index in [1.807, 2.05) is 97.1 Å². The number of hydrogen-bond donors (Lipinski definition) is 5. The van der Waals surface area contributed by atoms with Gasteiger partial charge in [0.25, 0.3) is 5.91 Å². The summed E-state index contributed by atoms with van der Waals surface area (Å²) in [6, 6.07) is 31.1. The maximum Gasteiger partial charge on any atom is 0.408 e. The number of benzene rings is 4. The first-order valence-electron chi connectivity index (χ1n) is 15.0. The van der Waals surface area contributed by atoms with Crippen LogP contribution in [0.4, 0.5) is 4.79 Å². The van der Waals surface area contributed by atoms with Crippen molar-refractivity contribution >= 4 is 22.8 Å². The highest BCUT2D eigenvalue weighted by atomic mass is 16.4. The molecule has 0 saturated carbocycles. The van der Waals surface area contributed by atoms with Crippen molar-refractivity contribution < 1.29 is 24.9 Å². The summed E-state index contributed by atoms with van der Waals surface area (Å²) in [5, 5.41) is 40.8. The van der Waals surface area contributed by atoms with Crippen LogP contribution in [0.1, 0.15) is 42.3 Å². The van der Waals surface area contributed by atoms with Crippen LogP contribution < -0.4 is 10.6 Å². The largest absolute Gasteiger partial charge is 0.465 e. The third-order valence-corrected chi connectivity index (χ3v) is 7.79. The van der Waals surface area contributed by atoms with Crippen LogP contribution in [-0.2, 0) is 12.8 Å². The number of aliphatic hydroxyl groups is 2. The lowest BCUT2D eigenvalue weighted by atomic mass is 9.94. The molecular weight excluding hydrogens is 554 g/mol. The van der Waals surface area contributed by atoms with Crippen LogP contribution in [0.25, 0.3) is 10.8 Å². The SMILES string of the molecule is CC(C)(C)N(C(=O)O)[C@@H](Cc1ccccc1)[C@H](O)CNC[C@@H](O)[C@H](Cc1ccccc1)NC(=O)c1ccc2ccccc2c1. The molecular formula is C36H43N3O5. The molecule has 0 fully saturated rings. The zero-order valence-corrected chi connectivity index (χ0v) is 25.6. The minimum atomic E-state index is -1.11. The number of carbonyl (C=O) groups excluding carboxylic acids is 1. The average molecular weight is 598 g/mol. The molecule has 2 amide bonds. The monoisotopic (exact) mass is 597 g/mol. The van der Waals surface area contributed by atoms with Gasteiger partial charge >= 0.3 is 6.09 Å². The molecule has 4 aromatic rings. The number of fused-ring (bicyclic) bond motifs is 1. The number of nitrogens with zero attached hydrogens (tertiary/aromatic N) is 1. The number of carboxylic acid groups (broad SMARTS) is 1. The van der Waals surface area contributed by atoms with Gasteiger partial charge in [0.1, 0.15) is 0 Å². The Morgan fingerprint density at radius 3 is 1.86 bits per heavy atom. The van der Waals surface area contributed by atoms with Crippen LogP contribution in [0.5, 0.6) is 0 Å². The third-order valence-electron chi connectivity index (χ3n) is 7.79. The predicted molar refractivity (Wildman–Crippen MR) is 174 cm³/mol. The number of nitrogens with one attached hydrogen (secondary N) is 2. The van der Waals surface area contributed by atoms with Gasteiger partial charge in [-0.25, -0.2) is 4.79 Å². The van der Waals surface area contributed by atoms with Gasteiger partial charge in [-0.1, -0.05) is 91.0 Å². The molecule has 0 radical (unpaired) electrons. The van der Waals surface area contributed by atoms with E-state index in [4.69, 9.17) is 0 Å². The summed E-state index contributed by atoms with van der Waals surface area (Å²) in [6.07, 6.45) is -2.43. The highest BCUT2D eigenvalue weighted by Crippen LogP contribution is 2.23. The normalized spacial score (nSPS) is 14.4. The van der Waals surface area contributed by atoms with Crippen molar-refractivity contribution in [2.75, 3.05) is 13.1 Å². The minimum absolute atomic E-state index is 0.0467. The molecule has 44 heavy (non-hydrogen) atoms. The lowest BCUT2D eigenvalue weighted by Gasteiger charge is -2.42. The van der Waals surface area contributed by atoms with E-state index in [-0.39, 0.29) is 19.0 Å². The smallest absolute Gasteiger partial charge is 0.408 e. The summed E-state index contributed by atoms with van der Waals surface area (Å²) in [5.74, 6) is -0.291. The zero-order valence-electron chi connectivity index (χ0n) is 25.6. The molecule has 232 valence electrons. The molecule has 4 aromatic carbocycles. The van der Waals surface area contributed by atoms with Gasteiger partial charge in [0, 0.05) is 24.2 Å². The molecule has 8 heteroatoms. The molecule has 0 spiro atoms. The Morgan fingerprint density at radius 1 is 0.727 bits per heavy atom. The number of aliphatic hydroxyl groups excluding tert-OH is 2. The van der Waals surface area contributed by atoms with Crippen molar-refractivity contribution in [3.05, 3.63) is 120 Å². The first-order valence-corrected chi connectivity index (χ1v) is 15.0. The fourth-order valence-electron chi connectivity index (χ4n) is 5.57. The second-order valence-electron chi connectivity index (χ2n) is 12.2. The molecule has 4 rings (SSSR count). The fraction of sp³-hybridized carbons (Fsp3) is 0.333. The molecule has 4 atom stereocenters. The van der Waals surface area contributed by atoms with E-state index in [9.17, 15) is 24.9 Å². The van der Waals surface area contributed by atoms with Crippen LogP contribution in [0.15, 0.2) is 103 Å². The quantitative estimate of drug-likeness (QED) is 0.150. The Kier molecular flexibility index (Phi) is 11.1. The first kappa shape index (κ1) is 32.7. The number of rotatable bonds is 13. The molecule has 0 aliphatic carbocycles. The van der Waals surface area contributed by atoms with Crippen LogP contribution in [0.3, 0.4) is 0 Å². The highest BCUT2D eigenvalue weighted by molar-refractivity contribution is 5.98. The van der Waals surface area contributed by atoms with Gasteiger partial charge in [0.15, 0.2) is 0 Å². The van der Waals surface area contributed by atoms with Crippen molar-refractivity contribution in [1.29, 1.82) is 0 Å². The Bertz CT molecular complexity index is 1510. The molecule has 0 aliphatic heterocycles. The highest BCUT2D eigenvalue weighted by Gasteiger charge is 2.37. The van der Waals surface area contributed by atoms with Gasteiger partial charge in [-0.3, -0.25) is 9.69 Å². The summed E-state index contributed by atoms with van der Waals surface area (Å²) in [7, 11) is 0. The zero-order chi connectivity index (χ0) is 31.7. The Labute approximate surface area is 259 Å². The summed E-state index contributed by atoms with van der Waals surface area (Å²) < 4.78 is 0. The molecule has 0 saturated heterocycles. The van der Waals surface area contributed by atoms with E-state index >= 15 is 0 Å². The minimum Gasteiger partial charge on any atom is -0.465 e. The van der Waals surface area contributed by atoms with E-state index in [1.54, 1.807) is 26.8 Å². The third kappa shape index (κ3) is 8.89. The molecule has 0 heterocycles. The standard InChI is InChI=1S/C36H43N3O5/c1-36(2,3)39(35(43)44)31(21-26-14-8-5-9-15-26)33(41)24-37-23-32(40)30(20-25-12-6-4-7-13-25)38-34(42)29-19-18-27-16-10-11-17-28(27)22-29/h4-19,22,30-33,37,40-41H,20-21,23-24H2,1-3H3,(H,38,42)(H,43,44)/t30-,31-,32+,33+/m0/s1. The molecule has 8 nitrogen and oxygen atoms in total. The van der Waals surface area contributed by atoms with E-state index in [1.165, 1.54) is 4.90 Å². The van der Waals surface area contributed by atoms with Gasteiger partial charge in [0.2, 0.25) is 0 Å². The van der Waals surface area contributed by atoms with E-state index in [0.29, 0.717) is 18.4 Å². The average Bonchev–Trinajstić information content (AvgIpc) is 3.00. The topological polar surface area (TPSA) is 122 Å². The molecule has 0 aromatic heterocycles. The van der Waals surface area contributed by atoms with E-state index < -0.39 is 35.9 Å². The molecule has 0 bridgehead atoms. The molecule has 0 aliphatic rings. The predicted octanol–water partition coefficient (Wildman–Crippen LogP) is 4.88. The van der Waals surface area contributed by atoms with E-state index in [0.717, 1.165) is 21.9 Å². The number of amides is 2. The van der Waals surface area contributed by atoms with Crippen molar-refractivity contribution in [2.24, 2.45) is 0 Å². The second kappa shape index (κ2) is 15.0. The maximum absolute atomic E-state index is 13.3. The first-order chi connectivity index (χ1) is 21.0. The second-order valence-corrected chi connectivity index (χ2v) is 12.2. The lowest BCUT2D eigenvalue weighted by molar-refractivity contribution is 0.00635. The van der Waals surface area contributed by atoms with E-state index in [2.05, 4.69) is 10.6 Å². The van der Waals surface area contributed by atoms with Crippen LogP contribution in [0.2, 0.25) is 0 Å². The summed E-state index contributed by atoms with van der Waals surface area (Å²) in [5.41, 5.74) is 1.61. The van der Waals surface area contributed by atoms with Gasteiger partial charge in [0.05, 0.1) is 24.3 Å². The number of hydrogen-bond acceptors (Lipinski definition) is 5. The van der Waals surface area contributed by atoms with Gasteiger partial charge in [-0.15, -0.1) is 0 Å². The van der Waals surface area contributed by atoms with Crippen molar-refractivity contribution in [3.63, 3.8) is 0 Å². The van der Waals surface area contributed by atoms with Gasteiger partial charge in [-0.05, 0) is 67.6 Å². The Hall–Kier alpha value is -4.24. The number of carbonyl (C=O) groups is 2. The van der Waals surface area contributed by atoms with Crippen LogP contribution >= 0.6 is 0 Å². The Balaban J connectivity index is 1.46. The summed E-state index contributed by atoms with van der Waals surface area (Å²) >= 11 is 0. The van der Waals surface area contributed by atoms with Gasteiger partial charge in [-0.2, -0.15) is 0 Å². The lowest BCUT2D eigenvalue weighted by Crippen LogP contribution is -2.58. The summed E-state index contributed by atoms with van der Waals surface area (Å²) in [6.45, 7) is 5.53. The maximum atomic E-state index is 13.3. The molecule has 5 N–H and O–H groups in total. The Morgan fingerprint density at radius 2 is 1.27 bits per heavy atom. The molecule has 0 unspecified atom stereocenters. The van der Waals surface area contributed by atoms with Crippen molar-refractivity contribution in [3.8, 4) is 0 Å². The summed E-state index contributed by atoms with van der Waals surface area (Å²) in [4.78, 5) is 27.0. The van der Waals surface area contributed by atoms with Gasteiger partial charge < -0.3 is 26.0 Å². The van der Waals surface area contributed by atoms with Crippen molar-refractivity contribution in [1.82, 2.24) is 15.5 Å². The van der Waals surface area contributed by atoms with Crippen molar-refractivity contribution in [2.45, 2.75) is 63.4 Å². The fourth-order valence-corrected chi connectivity index (χ4v) is 5.57. The van der Waals surface area contributed by atoms with Crippen LogP contribution in [-0.4, -0.2) is 75.1 Å². The van der Waals surface area contributed by atoms with Crippen LogP contribution in [0, 0.1) is 0 Å².